The summed E-state index contributed by atoms with van der Waals surface area (Å²) in [5.74, 6) is 1.09. The number of ether oxygens (including phenoxy) is 2. The minimum atomic E-state index is -0.212. The smallest absolute Gasteiger partial charge is 0.264 e. The molecule has 36 heavy (non-hydrogen) atoms. The van der Waals surface area contributed by atoms with Crippen LogP contribution >= 0.6 is 39.3 Å². The van der Waals surface area contributed by atoms with Gasteiger partial charge in [-0.2, -0.15) is 0 Å². The number of nitrogens with one attached hydrogen (secondary N) is 1. The SMILES string of the molecule is COc1ccc(N=C2NC(=O)/C(=C\c3cc(Cl)c(OCc4cccc5ccccc45)c(Br)c3)S2)cc1. The molecule has 1 fully saturated rings. The quantitative estimate of drug-likeness (QED) is 0.237. The monoisotopic (exact) mass is 578 g/mol. The number of halogens is 2. The number of hydrogen-bond acceptors (Lipinski definition) is 5. The molecule has 0 radical (unpaired) electrons. The first kappa shape index (κ1) is 24.4. The van der Waals surface area contributed by atoms with E-state index in [0.717, 1.165) is 33.3 Å². The first-order valence-corrected chi connectivity index (χ1v) is 13.0. The average molecular weight is 580 g/mol. The number of nitrogens with zero attached hydrogens (tertiary/aromatic N) is 1. The summed E-state index contributed by atoms with van der Waals surface area (Å²) in [7, 11) is 1.61. The van der Waals surface area contributed by atoms with Gasteiger partial charge < -0.3 is 14.8 Å². The van der Waals surface area contributed by atoms with Crippen molar-refractivity contribution in [3.8, 4) is 11.5 Å². The summed E-state index contributed by atoms with van der Waals surface area (Å²) in [4.78, 5) is 17.5. The fourth-order valence-corrected chi connectivity index (χ4v) is 5.61. The molecule has 0 atom stereocenters. The third-order valence-corrected chi connectivity index (χ3v) is 7.30. The zero-order chi connectivity index (χ0) is 25.1. The molecule has 1 N–H and O–H groups in total. The van der Waals surface area contributed by atoms with Crippen LogP contribution in [0.25, 0.3) is 16.8 Å². The zero-order valence-corrected chi connectivity index (χ0v) is 22.3. The molecule has 1 amide bonds. The lowest BCUT2D eigenvalue weighted by Crippen LogP contribution is -2.19. The van der Waals surface area contributed by atoms with Crippen LogP contribution < -0.4 is 14.8 Å². The third-order valence-electron chi connectivity index (χ3n) is 5.52. The molecule has 180 valence electrons. The topological polar surface area (TPSA) is 59.9 Å². The Morgan fingerprint density at radius 1 is 1.06 bits per heavy atom. The maximum Gasteiger partial charge on any atom is 0.264 e. The van der Waals surface area contributed by atoms with Crippen molar-refractivity contribution >= 4 is 72.9 Å². The van der Waals surface area contributed by atoms with Crippen LogP contribution in [0.2, 0.25) is 5.02 Å². The van der Waals surface area contributed by atoms with Gasteiger partial charge in [-0.15, -0.1) is 0 Å². The second-order valence-electron chi connectivity index (χ2n) is 7.92. The highest BCUT2D eigenvalue weighted by Crippen LogP contribution is 2.37. The lowest BCUT2D eigenvalue weighted by Gasteiger charge is -2.13. The second kappa shape index (κ2) is 10.8. The minimum Gasteiger partial charge on any atom is -0.497 e. The van der Waals surface area contributed by atoms with Gasteiger partial charge in [0.25, 0.3) is 5.91 Å². The Labute approximate surface area is 226 Å². The molecule has 4 aromatic rings. The lowest BCUT2D eigenvalue weighted by atomic mass is 10.1. The Balaban J connectivity index is 1.32. The van der Waals surface area contributed by atoms with Crippen molar-refractivity contribution in [2.24, 2.45) is 4.99 Å². The van der Waals surface area contributed by atoms with E-state index in [2.05, 4.69) is 44.4 Å². The molecular weight excluding hydrogens is 560 g/mol. The molecule has 1 aliphatic rings. The van der Waals surface area contributed by atoms with Crippen molar-refractivity contribution in [2.75, 3.05) is 7.11 Å². The number of methoxy groups -OCH3 is 1. The summed E-state index contributed by atoms with van der Waals surface area (Å²) in [6.45, 7) is 0.379. The van der Waals surface area contributed by atoms with Crippen molar-refractivity contribution in [1.82, 2.24) is 5.32 Å². The van der Waals surface area contributed by atoms with Crippen LogP contribution in [0, 0.1) is 0 Å². The molecular formula is C28H20BrClN2O3S. The molecule has 0 saturated carbocycles. The minimum absolute atomic E-state index is 0.212. The molecule has 4 aromatic carbocycles. The number of amidine groups is 1. The van der Waals surface area contributed by atoms with Gasteiger partial charge in [-0.3, -0.25) is 4.79 Å². The Kier molecular flexibility index (Phi) is 7.32. The van der Waals surface area contributed by atoms with Crippen LogP contribution in [0.4, 0.5) is 5.69 Å². The van der Waals surface area contributed by atoms with Crippen LogP contribution in [-0.2, 0) is 11.4 Å². The molecule has 5 rings (SSSR count). The highest BCUT2D eigenvalue weighted by molar-refractivity contribution is 9.10. The second-order valence-corrected chi connectivity index (χ2v) is 10.2. The van der Waals surface area contributed by atoms with Crippen LogP contribution in [0.15, 0.2) is 93.2 Å². The van der Waals surface area contributed by atoms with Crippen LogP contribution in [-0.4, -0.2) is 18.2 Å². The molecule has 0 aliphatic carbocycles. The first-order valence-electron chi connectivity index (χ1n) is 11.0. The van der Waals surface area contributed by atoms with Gasteiger partial charge in [0, 0.05) is 0 Å². The zero-order valence-electron chi connectivity index (χ0n) is 19.1. The molecule has 0 aromatic heterocycles. The summed E-state index contributed by atoms with van der Waals surface area (Å²) < 4.78 is 12.0. The van der Waals surface area contributed by atoms with Gasteiger partial charge in [-0.05, 0) is 92.1 Å². The Morgan fingerprint density at radius 2 is 1.83 bits per heavy atom. The van der Waals surface area contributed by atoms with Gasteiger partial charge in [0.2, 0.25) is 0 Å². The summed E-state index contributed by atoms with van der Waals surface area (Å²) in [5.41, 5.74) is 2.57. The van der Waals surface area contributed by atoms with E-state index < -0.39 is 0 Å². The van der Waals surface area contributed by atoms with Gasteiger partial charge >= 0.3 is 0 Å². The van der Waals surface area contributed by atoms with Crippen molar-refractivity contribution in [1.29, 1.82) is 0 Å². The number of carbonyl (C=O) groups excluding carboxylic acids is 1. The maximum atomic E-state index is 12.5. The summed E-state index contributed by atoms with van der Waals surface area (Å²) in [5, 5.41) is 6.07. The number of amides is 1. The number of carbonyl (C=O) groups is 1. The van der Waals surface area contributed by atoms with E-state index in [1.54, 1.807) is 19.3 Å². The summed E-state index contributed by atoms with van der Waals surface area (Å²) in [6, 6.07) is 25.3. The van der Waals surface area contributed by atoms with Crippen molar-refractivity contribution < 1.29 is 14.3 Å². The third kappa shape index (κ3) is 5.43. The number of hydrogen-bond donors (Lipinski definition) is 1. The highest BCUT2D eigenvalue weighted by atomic mass is 79.9. The lowest BCUT2D eigenvalue weighted by molar-refractivity contribution is -0.115. The Morgan fingerprint density at radius 3 is 2.61 bits per heavy atom. The molecule has 0 spiro atoms. The Hall–Kier alpha value is -3.26. The molecule has 0 unspecified atom stereocenters. The fraction of sp³-hybridized carbons (Fsp3) is 0.0714. The van der Waals surface area contributed by atoms with Gasteiger partial charge in [0.1, 0.15) is 12.4 Å². The molecule has 0 bridgehead atoms. The van der Waals surface area contributed by atoms with Gasteiger partial charge in [-0.1, -0.05) is 54.1 Å². The van der Waals surface area contributed by atoms with Crippen LogP contribution in [0.1, 0.15) is 11.1 Å². The molecule has 1 heterocycles. The van der Waals surface area contributed by atoms with E-state index in [1.165, 1.54) is 11.8 Å². The summed E-state index contributed by atoms with van der Waals surface area (Å²) in [6.07, 6.45) is 1.78. The summed E-state index contributed by atoms with van der Waals surface area (Å²) >= 11 is 11.4. The van der Waals surface area contributed by atoms with Crippen molar-refractivity contribution in [2.45, 2.75) is 6.61 Å². The number of fused-ring (bicyclic) bond motifs is 1. The van der Waals surface area contributed by atoms with E-state index in [9.17, 15) is 4.79 Å². The van der Waals surface area contributed by atoms with E-state index in [-0.39, 0.29) is 5.91 Å². The van der Waals surface area contributed by atoms with E-state index in [4.69, 9.17) is 21.1 Å². The normalized spacial score (nSPS) is 15.5. The van der Waals surface area contributed by atoms with Crippen LogP contribution in [0.5, 0.6) is 11.5 Å². The highest BCUT2D eigenvalue weighted by Gasteiger charge is 2.24. The number of thioether (sulfide) groups is 1. The molecule has 1 saturated heterocycles. The van der Waals surface area contributed by atoms with Gasteiger partial charge in [0.05, 0.1) is 27.2 Å². The number of aliphatic imine (C=N–C) groups is 1. The average Bonchev–Trinajstić information content (AvgIpc) is 3.22. The molecule has 1 aliphatic heterocycles. The van der Waals surface area contributed by atoms with Gasteiger partial charge in [0.15, 0.2) is 10.9 Å². The number of rotatable bonds is 6. The van der Waals surface area contributed by atoms with Crippen LogP contribution in [0.3, 0.4) is 0 Å². The standard InChI is InChI=1S/C28H20BrClN2O3S/c1-34-21-11-9-20(10-12-21)31-28-32-27(33)25(36-28)15-17-13-23(29)26(24(30)14-17)35-16-19-7-4-6-18-5-2-3-8-22(18)19/h2-15H,16H2,1H3,(H,31,32,33)/b25-15+. The largest absolute Gasteiger partial charge is 0.497 e. The van der Waals surface area contributed by atoms with Crippen molar-refractivity contribution in [3.05, 3.63) is 104 Å². The van der Waals surface area contributed by atoms with E-state index in [1.807, 2.05) is 54.6 Å². The van der Waals surface area contributed by atoms with Crippen molar-refractivity contribution in [3.63, 3.8) is 0 Å². The van der Waals surface area contributed by atoms with Gasteiger partial charge in [-0.25, -0.2) is 4.99 Å². The Bertz CT molecular complexity index is 1490. The maximum absolute atomic E-state index is 12.5. The van der Waals surface area contributed by atoms with E-state index in [0.29, 0.717) is 31.9 Å². The predicted octanol–water partition coefficient (Wildman–Crippen LogP) is 7.73. The molecule has 8 heteroatoms. The molecule has 5 nitrogen and oxygen atoms in total. The first-order chi connectivity index (χ1) is 17.5. The fourth-order valence-electron chi connectivity index (χ4n) is 3.77. The number of benzene rings is 4. The predicted molar refractivity (Wildman–Crippen MR) is 151 cm³/mol. The van der Waals surface area contributed by atoms with E-state index >= 15 is 0 Å².